The molecule has 0 amide bonds. The highest BCUT2D eigenvalue weighted by Crippen LogP contribution is 2.35. The fourth-order valence-electron chi connectivity index (χ4n) is 4.11. The molecule has 1 aliphatic rings. The van der Waals surface area contributed by atoms with Crippen LogP contribution in [0.2, 0.25) is 0 Å². The van der Waals surface area contributed by atoms with E-state index in [9.17, 15) is 14.0 Å². The number of aromatic nitrogens is 1. The average Bonchev–Trinajstić information content (AvgIpc) is 3.20. The number of benzene rings is 3. The summed E-state index contributed by atoms with van der Waals surface area (Å²) in [5, 5.41) is 0. The Bertz CT molecular complexity index is 1640. The van der Waals surface area contributed by atoms with E-state index in [1.165, 1.54) is 28.0 Å². The monoisotopic (exact) mass is 562 g/mol. The molecule has 2 heterocycles. The second kappa shape index (κ2) is 10.2. The maximum Gasteiger partial charge on any atom is 0.338 e. The van der Waals surface area contributed by atoms with E-state index < -0.39 is 17.8 Å². The van der Waals surface area contributed by atoms with Crippen LogP contribution in [0.25, 0.3) is 11.8 Å². The van der Waals surface area contributed by atoms with Crippen molar-refractivity contribution in [3.63, 3.8) is 0 Å². The Morgan fingerprint density at radius 1 is 1.08 bits per heavy atom. The summed E-state index contributed by atoms with van der Waals surface area (Å²) in [6.45, 7) is 1.88. The van der Waals surface area contributed by atoms with Crippen molar-refractivity contribution in [1.29, 1.82) is 0 Å². The number of thiazole rings is 1. The van der Waals surface area contributed by atoms with Gasteiger partial charge in [-0.15, -0.1) is 0 Å². The highest BCUT2D eigenvalue weighted by molar-refractivity contribution is 9.10. The molecule has 36 heavy (non-hydrogen) atoms. The van der Waals surface area contributed by atoms with Gasteiger partial charge in [0.2, 0.25) is 0 Å². The van der Waals surface area contributed by atoms with Gasteiger partial charge in [0.25, 0.3) is 5.56 Å². The van der Waals surface area contributed by atoms with E-state index in [1.807, 2.05) is 54.6 Å². The molecular weight excluding hydrogens is 543 g/mol. The second-order valence-corrected chi connectivity index (χ2v) is 9.96. The van der Waals surface area contributed by atoms with Crippen molar-refractivity contribution < 1.29 is 13.9 Å². The quantitative estimate of drug-likeness (QED) is 0.327. The number of halogens is 2. The van der Waals surface area contributed by atoms with E-state index in [-0.39, 0.29) is 17.7 Å². The van der Waals surface area contributed by atoms with Crippen LogP contribution in [0, 0.1) is 5.82 Å². The van der Waals surface area contributed by atoms with Crippen LogP contribution in [0.3, 0.4) is 0 Å². The molecule has 0 saturated carbocycles. The third kappa shape index (κ3) is 4.62. The number of carbonyl (C=O) groups is 1. The van der Waals surface area contributed by atoms with Crippen molar-refractivity contribution in [2.45, 2.75) is 13.0 Å². The topological polar surface area (TPSA) is 60.7 Å². The summed E-state index contributed by atoms with van der Waals surface area (Å²) in [7, 11) is 0. The molecule has 0 bridgehead atoms. The van der Waals surface area contributed by atoms with Gasteiger partial charge in [0.15, 0.2) is 4.80 Å². The van der Waals surface area contributed by atoms with Crippen molar-refractivity contribution in [1.82, 2.24) is 4.57 Å². The van der Waals surface area contributed by atoms with Crippen LogP contribution in [-0.4, -0.2) is 17.1 Å². The first kappa shape index (κ1) is 24.1. The van der Waals surface area contributed by atoms with Crippen LogP contribution in [0.5, 0.6) is 0 Å². The number of rotatable bonds is 5. The van der Waals surface area contributed by atoms with Crippen molar-refractivity contribution in [3.05, 3.63) is 131 Å². The summed E-state index contributed by atoms with van der Waals surface area (Å²) < 4.78 is 22.2. The highest BCUT2D eigenvalue weighted by atomic mass is 79.9. The van der Waals surface area contributed by atoms with Crippen LogP contribution < -0.4 is 14.9 Å². The summed E-state index contributed by atoms with van der Waals surface area (Å²) in [6.07, 6.45) is 1.80. The summed E-state index contributed by atoms with van der Waals surface area (Å²) in [4.78, 5) is 32.3. The number of nitrogens with zero attached hydrogens (tertiary/aromatic N) is 2. The van der Waals surface area contributed by atoms with Gasteiger partial charge in [-0.3, -0.25) is 9.36 Å². The lowest BCUT2D eigenvalue weighted by Crippen LogP contribution is -2.40. The van der Waals surface area contributed by atoms with Crippen molar-refractivity contribution in [3.8, 4) is 0 Å². The third-order valence-electron chi connectivity index (χ3n) is 5.73. The fourth-order valence-corrected chi connectivity index (χ4v) is 5.38. The van der Waals surface area contributed by atoms with Gasteiger partial charge in [0.05, 0.1) is 28.5 Å². The molecule has 3 aromatic carbocycles. The van der Waals surface area contributed by atoms with Gasteiger partial charge in [-0.2, -0.15) is 0 Å². The molecule has 5 rings (SSSR count). The second-order valence-electron chi connectivity index (χ2n) is 8.03. The fraction of sp³-hybridized carbons (Fsp3) is 0.107. The molecule has 0 aliphatic carbocycles. The lowest BCUT2D eigenvalue weighted by atomic mass is 9.93. The predicted octanol–water partition coefficient (Wildman–Crippen LogP) is 4.84. The highest BCUT2D eigenvalue weighted by Gasteiger charge is 2.35. The van der Waals surface area contributed by atoms with Crippen molar-refractivity contribution in [2.24, 2.45) is 4.99 Å². The molecule has 1 aliphatic heterocycles. The lowest BCUT2D eigenvalue weighted by Gasteiger charge is -2.25. The van der Waals surface area contributed by atoms with Gasteiger partial charge < -0.3 is 4.74 Å². The maximum atomic E-state index is 13.8. The number of hydrogen-bond donors (Lipinski definition) is 0. The van der Waals surface area contributed by atoms with Crippen LogP contribution in [0.1, 0.15) is 29.7 Å². The van der Waals surface area contributed by atoms with Crippen LogP contribution in [-0.2, 0) is 9.53 Å². The molecule has 4 aromatic rings. The van der Waals surface area contributed by atoms with E-state index in [0.29, 0.717) is 20.6 Å². The van der Waals surface area contributed by atoms with E-state index in [0.717, 1.165) is 15.6 Å². The molecule has 5 nitrogen and oxygen atoms in total. The Balaban J connectivity index is 1.82. The van der Waals surface area contributed by atoms with Crippen molar-refractivity contribution in [2.75, 3.05) is 6.61 Å². The normalized spacial score (nSPS) is 15.4. The Hall–Kier alpha value is -3.62. The van der Waals surface area contributed by atoms with E-state index in [4.69, 9.17) is 9.73 Å². The Kier molecular flexibility index (Phi) is 6.80. The summed E-state index contributed by atoms with van der Waals surface area (Å²) in [6, 6.07) is 21.9. The average molecular weight is 563 g/mol. The van der Waals surface area contributed by atoms with Gasteiger partial charge in [0, 0.05) is 10.0 Å². The third-order valence-corrected chi connectivity index (χ3v) is 7.24. The molecule has 0 saturated heterocycles. The molecule has 0 fully saturated rings. The summed E-state index contributed by atoms with van der Waals surface area (Å²) in [5.74, 6) is -0.983. The molecule has 0 radical (unpaired) electrons. The first-order valence-electron chi connectivity index (χ1n) is 11.3. The minimum atomic E-state index is -0.830. The van der Waals surface area contributed by atoms with E-state index in [1.54, 1.807) is 25.1 Å². The predicted molar refractivity (Wildman–Crippen MR) is 142 cm³/mol. The van der Waals surface area contributed by atoms with Crippen molar-refractivity contribution >= 4 is 45.0 Å². The molecule has 0 spiro atoms. The van der Waals surface area contributed by atoms with Gasteiger partial charge in [-0.1, -0.05) is 81.9 Å². The zero-order chi connectivity index (χ0) is 25.2. The first-order chi connectivity index (χ1) is 17.5. The Morgan fingerprint density at radius 3 is 2.44 bits per heavy atom. The van der Waals surface area contributed by atoms with Crippen LogP contribution in [0.4, 0.5) is 4.39 Å². The molecule has 1 atom stereocenters. The number of esters is 1. The molecule has 1 aromatic heterocycles. The maximum absolute atomic E-state index is 13.8. The molecule has 180 valence electrons. The Morgan fingerprint density at radius 2 is 1.78 bits per heavy atom. The number of ether oxygens (including phenoxy) is 1. The van der Waals surface area contributed by atoms with Gasteiger partial charge >= 0.3 is 5.97 Å². The number of carbonyl (C=O) groups excluding carboxylic acids is 1. The molecular formula is C28H20BrFN2O3S. The van der Waals surface area contributed by atoms with Crippen LogP contribution in [0.15, 0.2) is 98.7 Å². The van der Waals surface area contributed by atoms with Crippen LogP contribution >= 0.6 is 27.3 Å². The minimum Gasteiger partial charge on any atom is -0.463 e. The summed E-state index contributed by atoms with van der Waals surface area (Å²) in [5.41, 5.74) is 2.54. The zero-order valence-corrected chi connectivity index (χ0v) is 21.6. The Labute approximate surface area is 218 Å². The zero-order valence-electron chi connectivity index (χ0n) is 19.2. The van der Waals surface area contributed by atoms with E-state index >= 15 is 0 Å². The smallest absolute Gasteiger partial charge is 0.338 e. The number of hydrogen-bond acceptors (Lipinski definition) is 5. The molecule has 8 heteroatoms. The van der Waals surface area contributed by atoms with Gasteiger partial charge in [0.1, 0.15) is 5.82 Å². The SMILES string of the molecule is CCOC(=O)C1=C(c2ccccc2)N=c2s/c(=C\c3ccc(Br)cc3)c(=O)n2[C@H]1c1ccc(F)cc1. The number of fused-ring (bicyclic) bond motifs is 1. The van der Waals surface area contributed by atoms with Gasteiger partial charge in [-0.25, -0.2) is 14.2 Å². The largest absolute Gasteiger partial charge is 0.463 e. The van der Waals surface area contributed by atoms with E-state index in [2.05, 4.69) is 15.9 Å². The first-order valence-corrected chi connectivity index (χ1v) is 12.9. The summed E-state index contributed by atoms with van der Waals surface area (Å²) >= 11 is 4.67. The molecule has 0 N–H and O–H groups in total. The molecule has 0 unspecified atom stereocenters. The lowest BCUT2D eigenvalue weighted by molar-refractivity contribution is -0.138. The standard InChI is InChI=1S/C28H20BrFN2O3S/c1-2-35-27(34)23-24(18-6-4-3-5-7-18)31-28-32(25(23)19-10-14-21(30)15-11-19)26(33)22(36-28)16-17-8-12-20(29)13-9-17/h3-16,25H,2H2,1H3/b22-16-/t25-/m0/s1. The minimum absolute atomic E-state index is 0.161. The van der Waals surface area contributed by atoms with Gasteiger partial charge in [-0.05, 0) is 48.4 Å².